The van der Waals surface area contributed by atoms with Crippen LogP contribution in [0.5, 0.6) is 0 Å². The maximum absolute atomic E-state index is 4.51. The van der Waals surface area contributed by atoms with Crippen LogP contribution in [0.2, 0.25) is 0 Å². The van der Waals surface area contributed by atoms with E-state index in [0.717, 1.165) is 40.3 Å². The summed E-state index contributed by atoms with van der Waals surface area (Å²) in [5, 5.41) is 8.02. The summed E-state index contributed by atoms with van der Waals surface area (Å²) in [5.74, 6) is 0.826. The number of H-pyrrole nitrogens is 1. The summed E-state index contributed by atoms with van der Waals surface area (Å²) in [4.78, 5) is 12.4. The summed E-state index contributed by atoms with van der Waals surface area (Å²) < 4.78 is 0. The van der Waals surface area contributed by atoms with Crippen molar-refractivity contribution in [2.24, 2.45) is 0 Å². The van der Waals surface area contributed by atoms with Crippen molar-refractivity contribution in [3.8, 4) is 11.3 Å². The molecule has 0 aliphatic heterocycles. The van der Waals surface area contributed by atoms with Gasteiger partial charge in [0.1, 0.15) is 17.8 Å². The van der Waals surface area contributed by atoms with Gasteiger partial charge in [0.05, 0.1) is 5.39 Å². The second-order valence-electron chi connectivity index (χ2n) is 7.86. The molecule has 2 aromatic heterocycles. The van der Waals surface area contributed by atoms with E-state index in [0.29, 0.717) is 0 Å². The Morgan fingerprint density at radius 1 is 0.844 bits per heavy atom. The lowest BCUT2D eigenvalue weighted by molar-refractivity contribution is 0.876. The molecule has 0 aliphatic carbocycles. The maximum Gasteiger partial charge on any atom is 0.143 e. The molecule has 5 rings (SSSR count). The molecule has 0 saturated carbocycles. The molecule has 0 fully saturated rings. The molecule has 0 aliphatic rings. The number of aromatic nitrogens is 3. The monoisotopic (exact) mass is 419 g/mol. The van der Waals surface area contributed by atoms with E-state index in [2.05, 4.69) is 111 Å². The third kappa shape index (κ3) is 4.32. The van der Waals surface area contributed by atoms with Crippen LogP contribution in [0.3, 0.4) is 0 Å². The van der Waals surface area contributed by atoms with Gasteiger partial charge in [-0.05, 0) is 36.2 Å². The second-order valence-corrected chi connectivity index (χ2v) is 7.86. The van der Waals surface area contributed by atoms with Gasteiger partial charge in [0.2, 0.25) is 0 Å². The third-order valence-electron chi connectivity index (χ3n) is 5.59. The van der Waals surface area contributed by atoms with Crippen LogP contribution in [0.25, 0.3) is 22.3 Å². The molecule has 1 atom stereocenters. The molecule has 3 aromatic carbocycles. The van der Waals surface area contributed by atoms with Gasteiger partial charge in [0, 0.05) is 29.5 Å². The van der Waals surface area contributed by atoms with Crippen molar-refractivity contribution < 1.29 is 0 Å². The van der Waals surface area contributed by atoms with E-state index in [4.69, 9.17) is 0 Å². The van der Waals surface area contributed by atoms with Gasteiger partial charge in [-0.15, -0.1) is 0 Å². The molecule has 3 N–H and O–H groups in total. The highest BCUT2D eigenvalue weighted by Crippen LogP contribution is 2.30. The van der Waals surface area contributed by atoms with Crippen molar-refractivity contribution in [2.45, 2.75) is 19.5 Å². The van der Waals surface area contributed by atoms with Crippen molar-refractivity contribution in [3.63, 3.8) is 0 Å². The van der Waals surface area contributed by atoms with Crippen molar-refractivity contribution in [3.05, 3.63) is 108 Å². The molecule has 0 saturated heterocycles. The molecule has 5 heteroatoms. The fraction of sp³-hybridized carbons (Fsp3) is 0.111. The predicted octanol–water partition coefficient (Wildman–Crippen LogP) is 6.41. The highest BCUT2D eigenvalue weighted by Gasteiger charge is 2.12. The largest absolute Gasteiger partial charge is 0.381 e. The number of nitrogens with zero attached hydrogens (tertiary/aromatic N) is 2. The van der Waals surface area contributed by atoms with E-state index in [1.54, 1.807) is 6.33 Å². The molecule has 5 nitrogen and oxygen atoms in total. The Bertz CT molecular complexity index is 1310. The molecule has 0 spiro atoms. The van der Waals surface area contributed by atoms with Gasteiger partial charge >= 0.3 is 0 Å². The molecular formula is C27H25N5. The summed E-state index contributed by atoms with van der Waals surface area (Å²) in [7, 11) is 0. The molecule has 2 heterocycles. The highest BCUT2D eigenvalue weighted by molar-refractivity contribution is 5.91. The van der Waals surface area contributed by atoms with E-state index in [1.807, 2.05) is 12.1 Å². The lowest BCUT2D eigenvalue weighted by atomic mass is 10.1. The first kappa shape index (κ1) is 19.8. The molecule has 158 valence electrons. The second kappa shape index (κ2) is 8.94. The van der Waals surface area contributed by atoms with Gasteiger partial charge in [-0.25, -0.2) is 9.97 Å². The summed E-state index contributed by atoms with van der Waals surface area (Å²) >= 11 is 0. The van der Waals surface area contributed by atoms with Crippen LogP contribution in [0.4, 0.5) is 11.5 Å². The molecule has 32 heavy (non-hydrogen) atoms. The average Bonchev–Trinajstić information content (AvgIpc) is 3.30. The predicted molar refractivity (Wildman–Crippen MR) is 132 cm³/mol. The van der Waals surface area contributed by atoms with Crippen molar-refractivity contribution in [2.75, 3.05) is 10.6 Å². The first-order valence-corrected chi connectivity index (χ1v) is 10.8. The summed E-state index contributed by atoms with van der Waals surface area (Å²) in [6.45, 7) is 2.92. The topological polar surface area (TPSA) is 65.6 Å². The molecule has 5 aromatic rings. The van der Waals surface area contributed by atoms with Crippen LogP contribution in [0.1, 0.15) is 24.1 Å². The Hall–Kier alpha value is -4.12. The van der Waals surface area contributed by atoms with E-state index >= 15 is 0 Å². The van der Waals surface area contributed by atoms with Crippen LogP contribution < -0.4 is 10.6 Å². The quantitative estimate of drug-likeness (QED) is 0.285. The van der Waals surface area contributed by atoms with E-state index in [-0.39, 0.29) is 6.04 Å². The fourth-order valence-electron chi connectivity index (χ4n) is 3.84. The number of benzene rings is 3. The first-order valence-electron chi connectivity index (χ1n) is 10.8. The van der Waals surface area contributed by atoms with Gasteiger partial charge in [0.25, 0.3) is 0 Å². The van der Waals surface area contributed by atoms with Crippen LogP contribution in [-0.4, -0.2) is 15.0 Å². The number of nitrogens with one attached hydrogen (secondary N) is 3. The van der Waals surface area contributed by atoms with E-state index in [9.17, 15) is 0 Å². The molecule has 0 bridgehead atoms. The normalized spacial score (nSPS) is 11.9. The van der Waals surface area contributed by atoms with Gasteiger partial charge in [-0.3, -0.25) is 0 Å². The van der Waals surface area contributed by atoms with Gasteiger partial charge in [-0.1, -0.05) is 72.8 Å². The van der Waals surface area contributed by atoms with Crippen LogP contribution in [0.15, 0.2) is 97.3 Å². The van der Waals surface area contributed by atoms with Crippen LogP contribution in [-0.2, 0) is 6.54 Å². The van der Waals surface area contributed by atoms with Crippen LogP contribution >= 0.6 is 0 Å². The van der Waals surface area contributed by atoms with Gasteiger partial charge in [-0.2, -0.15) is 0 Å². The minimum Gasteiger partial charge on any atom is -0.381 e. The van der Waals surface area contributed by atoms with E-state index in [1.165, 1.54) is 11.1 Å². The van der Waals surface area contributed by atoms with Crippen molar-refractivity contribution in [1.82, 2.24) is 15.0 Å². The number of hydrogen-bond acceptors (Lipinski definition) is 4. The first-order chi connectivity index (χ1) is 15.8. The Labute approximate surface area is 187 Å². The Morgan fingerprint density at radius 2 is 1.62 bits per heavy atom. The Balaban J connectivity index is 1.39. The zero-order valence-corrected chi connectivity index (χ0v) is 17.9. The summed E-state index contributed by atoms with van der Waals surface area (Å²) in [6.07, 6.45) is 1.60. The Kier molecular flexibility index (Phi) is 5.54. The standard InChI is InChI=1S/C27H25N5/c1-19(21-11-6-3-7-12-21)31-26-24-16-25(32-27(24)30-18-29-26)22-13-8-14-23(15-22)28-17-20-9-4-2-5-10-20/h2-16,18-19,28H,17H2,1H3,(H2,29,30,31,32)/t19-/m1/s1. The fourth-order valence-corrected chi connectivity index (χ4v) is 3.84. The van der Waals surface area contributed by atoms with E-state index < -0.39 is 0 Å². The smallest absolute Gasteiger partial charge is 0.143 e. The van der Waals surface area contributed by atoms with Crippen molar-refractivity contribution in [1.29, 1.82) is 0 Å². The number of anilines is 2. The van der Waals surface area contributed by atoms with Crippen LogP contribution in [0, 0.1) is 0 Å². The molecule has 0 unspecified atom stereocenters. The molecular weight excluding hydrogens is 394 g/mol. The lowest BCUT2D eigenvalue weighted by Crippen LogP contribution is -2.08. The molecule has 0 amide bonds. The molecule has 0 radical (unpaired) electrons. The zero-order chi connectivity index (χ0) is 21.8. The van der Waals surface area contributed by atoms with Gasteiger partial charge < -0.3 is 15.6 Å². The number of rotatable bonds is 7. The number of aromatic amines is 1. The lowest BCUT2D eigenvalue weighted by Gasteiger charge is -2.15. The summed E-state index contributed by atoms with van der Waals surface area (Å²) in [5.41, 5.74) is 6.48. The third-order valence-corrected chi connectivity index (χ3v) is 5.59. The highest BCUT2D eigenvalue weighted by atomic mass is 15.1. The number of hydrogen-bond donors (Lipinski definition) is 3. The maximum atomic E-state index is 4.51. The summed E-state index contributed by atoms with van der Waals surface area (Å²) in [6, 6.07) is 31.4. The van der Waals surface area contributed by atoms with Crippen molar-refractivity contribution >= 4 is 22.5 Å². The minimum atomic E-state index is 0.137. The average molecular weight is 420 g/mol. The SMILES string of the molecule is C[C@@H](Nc1ncnc2[nH]c(-c3cccc(NCc4ccccc4)c3)cc12)c1ccccc1. The zero-order valence-electron chi connectivity index (χ0n) is 17.9. The minimum absolute atomic E-state index is 0.137. The Morgan fingerprint density at radius 3 is 2.44 bits per heavy atom. The van der Waals surface area contributed by atoms with Gasteiger partial charge in [0.15, 0.2) is 0 Å². The number of fused-ring (bicyclic) bond motifs is 1.